The van der Waals surface area contributed by atoms with E-state index < -0.39 is 40.3 Å². The molecule has 0 aliphatic rings. The van der Waals surface area contributed by atoms with Gasteiger partial charge in [0.1, 0.15) is 16.8 Å². The van der Waals surface area contributed by atoms with E-state index in [0.29, 0.717) is 44.6 Å². The second-order valence-corrected chi connectivity index (χ2v) is 19.1. The summed E-state index contributed by atoms with van der Waals surface area (Å²) < 4.78 is 12.1. The third-order valence-electron chi connectivity index (χ3n) is 9.08. The fourth-order valence-electron chi connectivity index (χ4n) is 6.03. The Labute approximate surface area is 426 Å². The Kier molecular flexibility index (Phi) is 18.7. The van der Waals surface area contributed by atoms with Gasteiger partial charge in [-0.1, -0.05) is 42.5 Å². The van der Waals surface area contributed by atoms with Crippen LogP contribution >= 0.6 is 27.3 Å². The number of nitrogens with zero attached hydrogens (tertiary/aromatic N) is 1. The monoisotopic (exact) mass is 1060 g/mol. The van der Waals surface area contributed by atoms with Gasteiger partial charge in [-0.25, -0.2) is 14.4 Å². The molecule has 20 heteroatoms. The molecular weight excluding hydrogens is 1010 g/mol. The zero-order chi connectivity index (χ0) is 52.6. The van der Waals surface area contributed by atoms with Crippen LogP contribution in [0.3, 0.4) is 0 Å². The molecule has 0 spiro atoms. The van der Waals surface area contributed by atoms with Crippen LogP contribution in [0.1, 0.15) is 71.9 Å². The SMILES string of the molecule is CC(C)(C)OC(=O)Nc1ccc(NC(=O)c2ccccc2Br)cc1.CC(C)(C)OC(=O)Nc1ccc(NC(=O)c2ccccc2[N+](=O)[O-])cc1.O=C(O)Nc1ccc(NC(=O)c2cc3ccccc3s2)cc1. The molecule has 18 nitrogen and oxygen atoms in total. The van der Waals surface area contributed by atoms with E-state index in [9.17, 15) is 38.9 Å². The summed E-state index contributed by atoms with van der Waals surface area (Å²) in [5, 5.41) is 36.3. The number of carboxylic acid groups (broad SMARTS) is 1. The number of hydrogen-bond donors (Lipinski definition) is 7. The lowest BCUT2D eigenvalue weighted by Gasteiger charge is -2.19. The maximum atomic E-state index is 12.3. The molecule has 7 N–H and O–H groups in total. The van der Waals surface area contributed by atoms with Crippen molar-refractivity contribution in [3.05, 3.63) is 182 Å². The second kappa shape index (κ2) is 24.8. The van der Waals surface area contributed by atoms with Gasteiger partial charge in [-0.2, -0.15) is 0 Å². The molecule has 1 aromatic heterocycles. The number of anilines is 6. The fourth-order valence-corrected chi connectivity index (χ4v) is 7.45. The number of thiophene rings is 1. The Morgan fingerprint density at radius 2 is 0.889 bits per heavy atom. The van der Waals surface area contributed by atoms with Gasteiger partial charge in [-0.05, 0) is 166 Å². The Morgan fingerprint density at radius 1 is 0.514 bits per heavy atom. The molecule has 372 valence electrons. The molecule has 6 aromatic carbocycles. The fraction of sp³-hybridized carbons (Fsp3) is 0.154. The first-order valence-corrected chi connectivity index (χ1v) is 23.3. The number of hydrogen-bond acceptors (Lipinski definition) is 11. The van der Waals surface area contributed by atoms with E-state index in [4.69, 9.17) is 14.6 Å². The Hall–Kier alpha value is -8.62. The number of nitro benzene ring substituents is 1. The number of fused-ring (bicyclic) bond motifs is 1. The molecule has 0 unspecified atom stereocenters. The number of ether oxygens (including phenoxy) is 2. The van der Waals surface area contributed by atoms with Crippen molar-refractivity contribution < 1.29 is 48.3 Å². The minimum Gasteiger partial charge on any atom is -0.465 e. The van der Waals surface area contributed by atoms with Crippen LogP contribution in [0, 0.1) is 10.1 Å². The number of rotatable bonds is 10. The third kappa shape index (κ3) is 17.7. The van der Waals surface area contributed by atoms with E-state index in [1.165, 1.54) is 29.5 Å². The Morgan fingerprint density at radius 3 is 1.32 bits per heavy atom. The summed E-state index contributed by atoms with van der Waals surface area (Å²) in [5.74, 6) is -0.986. The molecule has 7 aromatic rings. The van der Waals surface area contributed by atoms with Gasteiger partial charge in [0.25, 0.3) is 23.4 Å². The highest BCUT2D eigenvalue weighted by atomic mass is 79.9. The van der Waals surface area contributed by atoms with Crippen molar-refractivity contribution >= 4 is 113 Å². The number of carbonyl (C=O) groups is 6. The van der Waals surface area contributed by atoms with Gasteiger partial charge in [-0.15, -0.1) is 11.3 Å². The average Bonchev–Trinajstić information content (AvgIpc) is 3.75. The lowest BCUT2D eigenvalue weighted by Crippen LogP contribution is -2.27. The van der Waals surface area contributed by atoms with Crippen molar-refractivity contribution in [2.75, 3.05) is 31.9 Å². The summed E-state index contributed by atoms with van der Waals surface area (Å²) in [6, 6.07) is 42.1. The van der Waals surface area contributed by atoms with E-state index >= 15 is 0 Å². The summed E-state index contributed by atoms with van der Waals surface area (Å²) >= 11 is 4.78. The molecule has 72 heavy (non-hydrogen) atoms. The van der Waals surface area contributed by atoms with Crippen LogP contribution in [0.15, 0.2) is 156 Å². The molecular formula is C52H50BrN7O11S. The highest BCUT2D eigenvalue weighted by Gasteiger charge is 2.21. The predicted molar refractivity (Wildman–Crippen MR) is 284 cm³/mol. The van der Waals surface area contributed by atoms with Crippen LogP contribution in [-0.4, -0.2) is 57.2 Å². The largest absolute Gasteiger partial charge is 0.465 e. The average molecular weight is 1060 g/mol. The number of nitrogens with one attached hydrogen (secondary N) is 6. The molecule has 0 aliphatic carbocycles. The van der Waals surface area contributed by atoms with Gasteiger partial charge in [-0.3, -0.25) is 40.4 Å². The minimum atomic E-state index is -1.12. The van der Waals surface area contributed by atoms with E-state index in [-0.39, 0.29) is 23.1 Å². The highest BCUT2D eigenvalue weighted by molar-refractivity contribution is 9.10. The van der Waals surface area contributed by atoms with Crippen LogP contribution in [0.2, 0.25) is 0 Å². The number of nitro groups is 1. The molecule has 0 saturated carbocycles. The maximum Gasteiger partial charge on any atom is 0.412 e. The van der Waals surface area contributed by atoms with Crippen LogP contribution in [0.5, 0.6) is 0 Å². The van der Waals surface area contributed by atoms with Crippen molar-refractivity contribution in [3.63, 3.8) is 0 Å². The van der Waals surface area contributed by atoms with Gasteiger partial charge in [0.15, 0.2) is 0 Å². The third-order valence-corrected chi connectivity index (χ3v) is 10.9. The Bertz CT molecular complexity index is 3030. The number of halogens is 1. The number of para-hydroxylation sites is 1. The molecule has 0 atom stereocenters. The summed E-state index contributed by atoms with van der Waals surface area (Å²) in [6.45, 7) is 10.7. The second-order valence-electron chi connectivity index (χ2n) is 17.2. The van der Waals surface area contributed by atoms with Gasteiger partial charge in [0, 0.05) is 49.4 Å². The smallest absolute Gasteiger partial charge is 0.412 e. The first-order valence-electron chi connectivity index (χ1n) is 21.7. The summed E-state index contributed by atoms with van der Waals surface area (Å²) in [6.07, 6.45) is -2.23. The van der Waals surface area contributed by atoms with E-state index in [1.807, 2.05) is 42.5 Å². The van der Waals surface area contributed by atoms with E-state index in [0.717, 1.165) is 14.6 Å². The maximum absolute atomic E-state index is 12.3. The normalized spacial score (nSPS) is 10.7. The molecule has 7 rings (SSSR count). The molecule has 0 aliphatic heterocycles. The Balaban J connectivity index is 0.000000201. The molecule has 0 saturated heterocycles. The minimum absolute atomic E-state index is 0.0338. The summed E-state index contributed by atoms with van der Waals surface area (Å²) in [4.78, 5) is 81.7. The van der Waals surface area contributed by atoms with Gasteiger partial charge in [0.05, 0.1) is 15.4 Å². The van der Waals surface area contributed by atoms with Crippen molar-refractivity contribution in [2.45, 2.75) is 52.7 Å². The van der Waals surface area contributed by atoms with Crippen LogP contribution < -0.4 is 31.9 Å². The standard InChI is InChI=1S/C18H19BrN2O3.C18H19N3O5.C16H12N2O3S/c1-18(2,3)24-17(23)21-13-10-8-12(9-11-13)20-16(22)14-6-4-5-7-15(14)19;1-18(2,3)26-17(23)20-13-10-8-12(9-11-13)19-16(22)14-6-4-5-7-15(14)21(24)25;19-15(14-9-10-3-1-2-4-13(10)22-14)17-11-5-7-12(8-6-11)18-16(20)21/h4-11H,1-3H3,(H,20,22)(H,21,23);4-11H,1-3H3,(H,19,22)(H,20,23);1-9,18H,(H,17,19)(H,20,21). The number of benzene rings is 6. The zero-order valence-corrected chi connectivity index (χ0v) is 42.1. The lowest BCUT2D eigenvalue weighted by atomic mass is 10.1. The van der Waals surface area contributed by atoms with Crippen molar-refractivity contribution in [1.82, 2.24) is 0 Å². The van der Waals surface area contributed by atoms with Crippen LogP contribution in [0.4, 0.5) is 54.2 Å². The number of carbonyl (C=O) groups excluding carboxylic acids is 5. The lowest BCUT2D eigenvalue weighted by molar-refractivity contribution is -0.385. The quantitative estimate of drug-likeness (QED) is 0.0501. The van der Waals surface area contributed by atoms with Gasteiger partial charge >= 0.3 is 18.3 Å². The topological polar surface area (TPSA) is 256 Å². The number of amides is 6. The molecule has 0 fully saturated rings. The highest BCUT2D eigenvalue weighted by Crippen LogP contribution is 2.27. The van der Waals surface area contributed by atoms with E-state index in [2.05, 4.69) is 47.8 Å². The predicted octanol–water partition coefficient (Wildman–Crippen LogP) is 13.5. The van der Waals surface area contributed by atoms with Gasteiger partial charge in [0.2, 0.25) is 0 Å². The molecule has 0 radical (unpaired) electrons. The summed E-state index contributed by atoms with van der Waals surface area (Å²) in [5.41, 5.74) is 2.28. The molecule has 0 bridgehead atoms. The van der Waals surface area contributed by atoms with E-state index in [1.54, 1.807) is 133 Å². The zero-order valence-electron chi connectivity index (χ0n) is 39.7. The van der Waals surface area contributed by atoms with Crippen LogP contribution in [-0.2, 0) is 9.47 Å². The van der Waals surface area contributed by atoms with Crippen LogP contribution in [0.25, 0.3) is 10.1 Å². The first kappa shape index (κ1) is 54.3. The van der Waals surface area contributed by atoms with Crippen molar-refractivity contribution in [3.8, 4) is 0 Å². The first-order chi connectivity index (χ1) is 34.0. The van der Waals surface area contributed by atoms with Crippen molar-refractivity contribution in [1.29, 1.82) is 0 Å². The molecule has 6 amide bonds. The summed E-state index contributed by atoms with van der Waals surface area (Å²) in [7, 11) is 0. The van der Waals surface area contributed by atoms with Crippen molar-refractivity contribution in [2.24, 2.45) is 0 Å². The van der Waals surface area contributed by atoms with Gasteiger partial charge < -0.3 is 30.5 Å². The molecule has 1 heterocycles.